The van der Waals surface area contributed by atoms with Gasteiger partial charge in [0, 0.05) is 19.2 Å². The van der Waals surface area contributed by atoms with Crippen molar-refractivity contribution in [1.82, 2.24) is 9.55 Å². The predicted molar refractivity (Wildman–Crippen MR) is 48.9 cm³/mol. The molecule has 5 nitrogen and oxygen atoms in total. The van der Waals surface area contributed by atoms with E-state index < -0.39 is 0 Å². The van der Waals surface area contributed by atoms with E-state index in [0.29, 0.717) is 11.9 Å². The van der Waals surface area contributed by atoms with E-state index in [9.17, 15) is 9.59 Å². The maximum Gasteiger partial charge on any atom is 0.329 e. The minimum Gasteiger partial charge on any atom is -0.368 e. The fourth-order valence-corrected chi connectivity index (χ4v) is 1.13. The molecule has 0 spiro atoms. The van der Waals surface area contributed by atoms with E-state index in [1.54, 1.807) is 7.05 Å². The van der Waals surface area contributed by atoms with Crippen LogP contribution in [0.25, 0.3) is 0 Å². The summed E-state index contributed by atoms with van der Waals surface area (Å²) in [6, 6.07) is 1.84. The minimum absolute atomic E-state index is 0.355. The van der Waals surface area contributed by atoms with Crippen molar-refractivity contribution in [2.75, 3.05) is 5.32 Å². The molecule has 1 aliphatic rings. The molecule has 1 fully saturated rings. The number of aromatic amines is 1. The zero-order chi connectivity index (χ0) is 9.42. The van der Waals surface area contributed by atoms with Crippen molar-refractivity contribution in [2.24, 2.45) is 7.05 Å². The number of hydrogen-bond acceptors (Lipinski definition) is 3. The third kappa shape index (κ3) is 1.63. The van der Waals surface area contributed by atoms with Crippen LogP contribution >= 0.6 is 0 Å². The lowest BCUT2D eigenvalue weighted by Crippen LogP contribution is -2.30. The SMILES string of the molecule is Cn1c(NC2CC2)cc(=O)[nH]c1=O. The van der Waals surface area contributed by atoms with Gasteiger partial charge in [-0.15, -0.1) is 0 Å². The van der Waals surface area contributed by atoms with Gasteiger partial charge in [0.25, 0.3) is 5.56 Å². The zero-order valence-electron chi connectivity index (χ0n) is 7.33. The van der Waals surface area contributed by atoms with Crippen molar-refractivity contribution < 1.29 is 0 Å². The largest absolute Gasteiger partial charge is 0.368 e. The van der Waals surface area contributed by atoms with Crippen LogP contribution in [-0.4, -0.2) is 15.6 Å². The molecule has 5 heteroatoms. The van der Waals surface area contributed by atoms with Gasteiger partial charge in [0.2, 0.25) is 0 Å². The van der Waals surface area contributed by atoms with E-state index >= 15 is 0 Å². The molecule has 0 bridgehead atoms. The van der Waals surface area contributed by atoms with Crippen LogP contribution < -0.4 is 16.6 Å². The first-order valence-electron chi connectivity index (χ1n) is 4.24. The Labute approximate surface area is 74.4 Å². The molecule has 0 aromatic carbocycles. The molecule has 2 rings (SSSR count). The predicted octanol–water partition coefficient (Wildman–Crippen LogP) is -0.352. The average molecular weight is 181 g/mol. The van der Waals surface area contributed by atoms with Crippen LogP contribution in [0.15, 0.2) is 15.7 Å². The number of anilines is 1. The van der Waals surface area contributed by atoms with Gasteiger partial charge in [-0.2, -0.15) is 0 Å². The summed E-state index contributed by atoms with van der Waals surface area (Å²) in [5.41, 5.74) is -0.734. The second kappa shape index (κ2) is 2.76. The molecule has 1 aromatic rings. The van der Waals surface area contributed by atoms with E-state index in [0.717, 1.165) is 12.8 Å². The monoisotopic (exact) mass is 181 g/mol. The van der Waals surface area contributed by atoms with E-state index in [-0.39, 0.29) is 11.2 Å². The standard InChI is InChI=1S/C8H11N3O2/c1-11-6(9-5-2-3-5)4-7(12)10-8(11)13/h4-5,9H,2-3H2,1H3,(H,10,12,13). The summed E-state index contributed by atoms with van der Waals surface area (Å²) in [4.78, 5) is 24.3. The lowest BCUT2D eigenvalue weighted by molar-refractivity contribution is 0.798. The van der Waals surface area contributed by atoms with Crippen LogP contribution in [0.2, 0.25) is 0 Å². The van der Waals surface area contributed by atoms with Crippen molar-refractivity contribution in [3.8, 4) is 0 Å². The Hall–Kier alpha value is -1.52. The van der Waals surface area contributed by atoms with Gasteiger partial charge in [-0.3, -0.25) is 14.3 Å². The van der Waals surface area contributed by atoms with Gasteiger partial charge in [-0.05, 0) is 12.8 Å². The van der Waals surface area contributed by atoms with Crippen molar-refractivity contribution in [3.63, 3.8) is 0 Å². The summed E-state index contributed by atoms with van der Waals surface area (Å²) in [5.74, 6) is 0.594. The maximum atomic E-state index is 11.1. The topological polar surface area (TPSA) is 66.9 Å². The first-order valence-corrected chi connectivity index (χ1v) is 4.24. The summed E-state index contributed by atoms with van der Waals surface area (Å²) in [6.45, 7) is 0. The quantitative estimate of drug-likeness (QED) is 0.655. The van der Waals surface area contributed by atoms with Crippen molar-refractivity contribution in [3.05, 3.63) is 26.9 Å². The highest BCUT2D eigenvalue weighted by molar-refractivity contribution is 5.36. The number of aromatic nitrogens is 2. The molecule has 0 aliphatic heterocycles. The first-order chi connectivity index (χ1) is 6.16. The molecule has 70 valence electrons. The number of H-pyrrole nitrogens is 1. The van der Waals surface area contributed by atoms with Crippen LogP contribution in [-0.2, 0) is 7.05 Å². The van der Waals surface area contributed by atoms with Crippen LogP contribution in [0.1, 0.15) is 12.8 Å². The van der Waals surface area contributed by atoms with Gasteiger partial charge in [0.05, 0.1) is 0 Å². The van der Waals surface area contributed by atoms with Crippen molar-refractivity contribution in [2.45, 2.75) is 18.9 Å². The van der Waals surface area contributed by atoms with Crippen LogP contribution in [0.5, 0.6) is 0 Å². The summed E-state index contributed by atoms with van der Waals surface area (Å²) in [5, 5.41) is 3.11. The number of nitrogens with zero attached hydrogens (tertiary/aromatic N) is 1. The summed E-state index contributed by atoms with van der Waals surface area (Å²) in [6.07, 6.45) is 2.22. The Bertz CT molecular complexity index is 428. The van der Waals surface area contributed by atoms with Crippen LogP contribution in [0.3, 0.4) is 0 Å². The number of hydrogen-bond donors (Lipinski definition) is 2. The average Bonchev–Trinajstić information content (AvgIpc) is 2.83. The van der Waals surface area contributed by atoms with Crippen LogP contribution in [0.4, 0.5) is 5.82 Å². The molecule has 2 N–H and O–H groups in total. The Balaban J connectivity index is 2.42. The Kier molecular flexibility index (Phi) is 1.72. The van der Waals surface area contributed by atoms with Crippen molar-refractivity contribution in [1.29, 1.82) is 0 Å². The summed E-state index contributed by atoms with van der Waals surface area (Å²) < 4.78 is 1.40. The summed E-state index contributed by atoms with van der Waals surface area (Å²) >= 11 is 0. The second-order valence-electron chi connectivity index (χ2n) is 3.30. The Morgan fingerprint density at radius 1 is 1.54 bits per heavy atom. The lowest BCUT2D eigenvalue weighted by Gasteiger charge is -2.07. The summed E-state index contributed by atoms with van der Waals surface area (Å²) in [7, 11) is 1.63. The number of nitrogens with one attached hydrogen (secondary N) is 2. The smallest absolute Gasteiger partial charge is 0.329 e. The molecule has 1 saturated carbocycles. The third-order valence-electron chi connectivity index (χ3n) is 2.09. The molecule has 1 aromatic heterocycles. The fraction of sp³-hybridized carbons (Fsp3) is 0.500. The molecule has 1 heterocycles. The maximum absolute atomic E-state index is 11.1. The zero-order valence-corrected chi connectivity index (χ0v) is 7.33. The minimum atomic E-state index is -0.379. The highest BCUT2D eigenvalue weighted by Crippen LogP contribution is 2.22. The van der Waals surface area contributed by atoms with Gasteiger partial charge >= 0.3 is 5.69 Å². The van der Waals surface area contributed by atoms with Gasteiger partial charge in [-0.1, -0.05) is 0 Å². The molecule has 13 heavy (non-hydrogen) atoms. The van der Waals surface area contributed by atoms with E-state index in [2.05, 4.69) is 10.3 Å². The molecule has 0 radical (unpaired) electrons. The van der Waals surface area contributed by atoms with Gasteiger partial charge < -0.3 is 5.32 Å². The molecule has 0 unspecified atom stereocenters. The third-order valence-corrected chi connectivity index (χ3v) is 2.09. The lowest BCUT2D eigenvalue weighted by atomic mass is 10.5. The van der Waals surface area contributed by atoms with E-state index in [1.165, 1.54) is 10.6 Å². The van der Waals surface area contributed by atoms with Gasteiger partial charge in [0.1, 0.15) is 5.82 Å². The molecule has 1 aliphatic carbocycles. The Morgan fingerprint density at radius 3 is 2.85 bits per heavy atom. The first kappa shape index (κ1) is 8.10. The van der Waals surface area contributed by atoms with Gasteiger partial charge in [-0.25, -0.2) is 4.79 Å². The highest BCUT2D eigenvalue weighted by Gasteiger charge is 2.21. The molecular weight excluding hydrogens is 170 g/mol. The fourth-order valence-electron chi connectivity index (χ4n) is 1.13. The number of rotatable bonds is 2. The van der Waals surface area contributed by atoms with Gasteiger partial charge in [0.15, 0.2) is 0 Å². The molecule has 0 saturated heterocycles. The molecule has 0 amide bonds. The second-order valence-corrected chi connectivity index (χ2v) is 3.30. The normalized spacial score (nSPS) is 15.8. The Morgan fingerprint density at radius 2 is 2.23 bits per heavy atom. The molecular formula is C8H11N3O2. The van der Waals surface area contributed by atoms with E-state index in [4.69, 9.17) is 0 Å². The van der Waals surface area contributed by atoms with Crippen molar-refractivity contribution >= 4 is 5.82 Å². The van der Waals surface area contributed by atoms with Crippen LogP contribution in [0, 0.1) is 0 Å². The van der Waals surface area contributed by atoms with E-state index in [1.807, 2.05) is 0 Å². The highest BCUT2D eigenvalue weighted by atomic mass is 16.2. The molecule has 0 atom stereocenters.